The van der Waals surface area contributed by atoms with E-state index >= 15 is 0 Å². The van der Waals surface area contributed by atoms with E-state index in [1.54, 1.807) is 12.1 Å². The van der Waals surface area contributed by atoms with Crippen LogP contribution in [0.2, 0.25) is 0 Å². The van der Waals surface area contributed by atoms with Crippen LogP contribution in [0.4, 0.5) is 5.69 Å². The predicted octanol–water partition coefficient (Wildman–Crippen LogP) is 2.55. The van der Waals surface area contributed by atoms with E-state index in [2.05, 4.69) is 9.72 Å². The average Bonchev–Trinajstić information content (AvgIpc) is 2.69. The van der Waals surface area contributed by atoms with Crippen LogP contribution in [-0.2, 0) is 4.74 Å². The Labute approximate surface area is 113 Å². The van der Waals surface area contributed by atoms with Crippen LogP contribution in [0.3, 0.4) is 0 Å². The van der Waals surface area contributed by atoms with Gasteiger partial charge in [0.25, 0.3) is 0 Å². The smallest absolute Gasteiger partial charge is 0.356 e. The second-order valence-corrected chi connectivity index (χ2v) is 4.81. The van der Waals surface area contributed by atoms with Crippen molar-refractivity contribution in [2.45, 2.75) is 44.6 Å². The van der Waals surface area contributed by atoms with Crippen LogP contribution in [0.1, 0.15) is 49.0 Å². The number of ether oxygens (including phenoxy) is 2. The second kappa shape index (κ2) is 6.41. The van der Waals surface area contributed by atoms with Gasteiger partial charge in [0.2, 0.25) is 5.88 Å². The van der Waals surface area contributed by atoms with Gasteiger partial charge in [0, 0.05) is 0 Å². The molecule has 1 heterocycles. The molecule has 1 fully saturated rings. The molecule has 1 aliphatic carbocycles. The number of carbonyl (C=O) groups is 1. The molecule has 0 aromatic carbocycles. The average molecular weight is 264 g/mol. The fourth-order valence-electron chi connectivity index (χ4n) is 2.28. The minimum Gasteiger partial charge on any atom is -0.473 e. The van der Waals surface area contributed by atoms with Crippen LogP contribution in [0.25, 0.3) is 0 Å². The molecule has 0 radical (unpaired) electrons. The number of nitrogens with two attached hydrogens (primary N) is 1. The summed E-state index contributed by atoms with van der Waals surface area (Å²) in [6, 6.07) is 3.17. The van der Waals surface area contributed by atoms with Gasteiger partial charge in [-0.05, 0) is 37.8 Å². The Morgan fingerprint density at radius 3 is 2.58 bits per heavy atom. The Balaban J connectivity index is 2.11. The number of pyridine rings is 1. The topological polar surface area (TPSA) is 74.4 Å². The number of rotatable bonds is 3. The Hall–Kier alpha value is -1.78. The quantitative estimate of drug-likeness (QED) is 0.670. The van der Waals surface area contributed by atoms with Crippen molar-refractivity contribution in [2.24, 2.45) is 0 Å². The van der Waals surface area contributed by atoms with E-state index in [4.69, 9.17) is 10.5 Å². The van der Waals surface area contributed by atoms with Gasteiger partial charge in [-0.2, -0.15) is 0 Å². The third kappa shape index (κ3) is 3.59. The Kier molecular flexibility index (Phi) is 4.60. The van der Waals surface area contributed by atoms with Gasteiger partial charge in [-0.15, -0.1) is 0 Å². The lowest BCUT2D eigenvalue weighted by Gasteiger charge is -2.17. The lowest BCUT2D eigenvalue weighted by molar-refractivity contribution is 0.0591. The maximum Gasteiger partial charge on any atom is 0.356 e. The lowest BCUT2D eigenvalue weighted by Crippen LogP contribution is -2.17. The first-order valence-electron chi connectivity index (χ1n) is 6.72. The van der Waals surface area contributed by atoms with Crippen molar-refractivity contribution in [1.29, 1.82) is 0 Å². The van der Waals surface area contributed by atoms with Gasteiger partial charge in [0.15, 0.2) is 5.69 Å². The number of carbonyl (C=O) groups excluding carboxylic acids is 1. The third-order valence-corrected chi connectivity index (χ3v) is 3.36. The van der Waals surface area contributed by atoms with Crippen molar-refractivity contribution in [1.82, 2.24) is 4.98 Å². The van der Waals surface area contributed by atoms with Gasteiger partial charge < -0.3 is 15.2 Å². The second-order valence-electron chi connectivity index (χ2n) is 4.81. The van der Waals surface area contributed by atoms with Gasteiger partial charge in [-0.3, -0.25) is 0 Å². The molecule has 5 heteroatoms. The lowest BCUT2D eigenvalue weighted by atomic mass is 10.1. The fraction of sp³-hybridized carbons (Fsp3) is 0.571. The number of hydrogen-bond acceptors (Lipinski definition) is 5. The van der Waals surface area contributed by atoms with E-state index in [0.29, 0.717) is 11.6 Å². The third-order valence-electron chi connectivity index (χ3n) is 3.36. The highest BCUT2D eigenvalue weighted by Crippen LogP contribution is 2.25. The molecule has 0 saturated heterocycles. The summed E-state index contributed by atoms with van der Waals surface area (Å²) in [5.41, 5.74) is 6.53. The molecule has 2 N–H and O–H groups in total. The zero-order chi connectivity index (χ0) is 13.7. The van der Waals surface area contributed by atoms with E-state index in [0.717, 1.165) is 12.8 Å². The van der Waals surface area contributed by atoms with Gasteiger partial charge in [0.05, 0.1) is 12.8 Å². The zero-order valence-corrected chi connectivity index (χ0v) is 11.2. The van der Waals surface area contributed by atoms with Crippen molar-refractivity contribution < 1.29 is 14.3 Å². The molecule has 5 nitrogen and oxygen atoms in total. The molecule has 1 aromatic rings. The summed E-state index contributed by atoms with van der Waals surface area (Å²) in [6.07, 6.45) is 7.02. The van der Waals surface area contributed by atoms with E-state index in [1.165, 1.54) is 32.8 Å². The number of nitrogen functional groups attached to an aromatic ring is 1. The van der Waals surface area contributed by atoms with Gasteiger partial charge in [-0.25, -0.2) is 9.78 Å². The largest absolute Gasteiger partial charge is 0.473 e. The minimum absolute atomic E-state index is 0.144. The predicted molar refractivity (Wildman–Crippen MR) is 72.1 cm³/mol. The van der Waals surface area contributed by atoms with Crippen LogP contribution in [0.5, 0.6) is 5.88 Å². The van der Waals surface area contributed by atoms with Crippen LogP contribution in [0.15, 0.2) is 12.1 Å². The molecule has 0 spiro atoms. The Morgan fingerprint density at radius 1 is 1.26 bits per heavy atom. The number of hydrogen-bond donors (Lipinski definition) is 1. The van der Waals surface area contributed by atoms with Crippen LogP contribution >= 0.6 is 0 Å². The summed E-state index contributed by atoms with van der Waals surface area (Å²) < 4.78 is 10.5. The highest BCUT2D eigenvalue weighted by Gasteiger charge is 2.17. The van der Waals surface area contributed by atoms with E-state index < -0.39 is 5.97 Å². The maximum absolute atomic E-state index is 11.4. The molecular weight excluding hydrogens is 244 g/mol. The van der Waals surface area contributed by atoms with Crippen molar-refractivity contribution >= 4 is 11.7 Å². The first-order valence-corrected chi connectivity index (χ1v) is 6.72. The van der Waals surface area contributed by atoms with Crippen molar-refractivity contribution in [3.05, 3.63) is 17.8 Å². The fourth-order valence-corrected chi connectivity index (χ4v) is 2.28. The first-order chi connectivity index (χ1) is 9.20. The standard InChI is InChI=1S/C14H20N2O3/c1-18-14(17)12-9-8-11(15)13(16-12)19-10-6-4-2-3-5-7-10/h8-10H,2-7,15H2,1H3. The normalized spacial score (nSPS) is 16.7. The van der Waals surface area contributed by atoms with E-state index in [9.17, 15) is 4.79 Å². The van der Waals surface area contributed by atoms with E-state index in [-0.39, 0.29) is 11.8 Å². The zero-order valence-electron chi connectivity index (χ0n) is 11.2. The Morgan fingerprint density at radius 2 is 1.95 bits per heavy atom. The number of aromatic nitrogens is 1. The number of nitrogens with zero attached hydrogens (tertiary/aromatic N) is 1. The van der Waals surface area contributed by atoms with Crippen molar-refractivity contribution in [3.8, 4) is 5.88 Å². The molecule has 1 aliphatic rings. The molecule has 0 bridgehead atoms. The molecule has 1 aromatic heterocycles. The van der Waals surface area contributed by atoms with Crippen molar-refractivity contribution in [3.63, 3.8) is 0 Å². The molecule has 104 valence electrons. The highest BCUT2D eigenvalue weighted by molar-refractivity contribution is 5.87. The molecule has 0 unspecified atom stereocenters. The SMILES string of the molecule is COC(=O)c1ccc(N)c(OC2CCCCCC2)n1. The van der Waals surface area contributed by atoms with Gasteiger partial charge >= 0.3 is 5.97 Å². The first kappa shape index (κ1) is 13.6. The van der Waals surface area contributed by atoms with Gasteiger partial charge in [-0.1, -0.05) is 12.8 Å². The Bertz CT molecular complexity index is 440. The van der Waals surface area contributed by atoms with Gasteiger partial charge in [0.1, 0.15) is 6.10 Å². The molecule has 1 saturated carbocycles. The molecule has 0 amide bonds. The molecule has 0 aliphatic heterocycles. The van der Waals surface area contributed by atoms with Crippen LogP contribution in [-0.4, -0.2) is 24.2 Å². The molecule has 2 rings (SSSR count). The van der Waals surface area contributed by atoms with Crippen molar-refractivity contribution in [2.75, 3.05) is 12.8 Å². The van der Waals surface area contributed by atoms with Crippen LogP contribution in [0, 0.1) is 0 Å². The molecule has 19 heavy (non-hydrogen) atoms. The molecular formula is C14H20N2O3. The van der Waals surface area contributed by atoms with Crippen LogP contribution < -0.4 is 10.5 Å². The number of anilines is 1. The number of esters is 1. The highest BCUT2D eigenvalue weighted by atomic mass is 16.5. The summed E-state index contributed by atoms with van der Waals surface area (Å²) in [5.74, 6) is -0.138. The minimum atomic E-state index is -0.481. The van der Waals surface area contributed by atoms with E-state index in [1.807, 2.05) is 0 Å². The maximum atomic E-state index is 11.4. The summed E-state index contributed by atoms with van der Waals surface area (Å²) >= 11 is 0. The number of methoxy groups -OCH3 is 1. The summed E-state index contributed by atoms with van der Waals surface area (Å²) in [7, 11) is 1.33. The summed E-state index contributed by atoms with van der Waals surface area (Å²) in [5, 5.41) is 0. The molecule has 0 atom stereocenters. The summed E-state index contributed by atoms with van der Waals surface area (Å²) in [6.45, 7) is 0. The monoisotopic (exact) mass is 264 g/mol. The summed E-state index contributed by atoms with van der Waals surface area (Å²) in [4.78, 5) is 15.6.